The number of amides is 1. The predicted molar refractivity (Wildman–Crippen MR) is 80.1 cm³/mol. The first-order chi connectivity index (χ1) is 10.1. The van der Waals surface area contributed by atoms with Gasteiger partial charge in [-0.1, -0.05) is 23.7 Å². The Balaban J connectivity index is 1.97. The Morgan fingerprint density at radius 1 is 1.19 bits per heavy atom. The summed E-state index contributed by atoms with van der Waals surface area (Å²) < 4.78 is 4.75. The topological polar surface area (TPSA) is 59.2 Å². The fourth-order valence-corrected chi connectivity index (χ4v) is 2.29. The molecule has 0 radical (unpaired) electrons. The summed E-state index contributed by atoms with van der Waals surface area (Å²) in [5.41, 5.74) is 2.99. The Labute approximate surface area is 126 Å². The third-order valence-electron chi connectivity index (χ3n) is 3.22. The van der Waals surface area contributed by atoms with Crippen molar-refractivity contribution in [1.29, 1.82) is 0 Å². The molecule has 0 aliphatic heterocycles. The molecule has 0 saturated carbocycles. The van der Waals surface area contributed by atoms with Crippen molar-refractivity contribution in [3.63, 3.8) is 0 Å². The van der Waals surface area contributed by atoms with E-state index in [0.717, 1.165) is 11.3 Å². The Kier molecular flexibility index (Phi) is 3.58. The SMILES string of the molecule is CC(=O)N(Cc1cccc2nonc12)c1ccc(Cl)cc1. The van der Waals surface area contributed by atoms with Gasteiger partial charge in [-0.25, -0.2) is 4.63 Å². The largest absolute Gasteiger partial charge is 0.308 e. The van der Waals surface area contributed by atoms with E-state index in [1.54, 1.807) is 17.0 Å². The van der Waals surface area contributed by atoms with Gasteiger partial charge in [0.1, 0.15) is 11.0 Å². The van der Waals surface area contributed by atoms with Crippen molar-refractivity contribution in [3.05, 3.63) is 53.1 Å². The standard InChI is InChI=1S/C15H12ClN3O2/c1-10(20)19(13-7-5-12(16)6-8-13)9-11-3-2-4-14-15(11)18-21-17-14/h2-8H,9H2,1H3. The normalized spacial score (nSPS) is 10.8. The van der Waals surface area contributed by atoms with Gasteiger partial charge in [-0.2, -0.15) is 0 Å². The van der Waals surface area contributed by atoms with Gasteiger partial charge in [0.2, 0.25) is 5.91 Å². The number of anilines is 1. The maximum Gasteiger partial charge on any atom is 0.224 e. The number of hydrogen-bond donors (Lipinski definition) is 0. The molecule has 1 amide bonds. The molecule has 0 N–H and O–H groups in total. The first-order valence-electron chi connectivity index (χ1n) is 6.39. The van der Waals surface area contributed by atoms with Crippen molar-refractivity contribution < 1.29 is 9.42 Å². The Morgan fingerprint density at radius 3 is 2.67 bits per heavy atom. The first-order valence-corrected chi connectivity index (χ1v) is 6.77. The molecule has 0 aliphatic carbocycles. The summed E-state index contributed by atoms with van der Waals surface area (Å²) in [6, 6.07) is 12.7. The lowest BCUT2D eigenvalue weighted by atomic mass is 10.1. The molecule has 1 heterocycles. The lowest BCUT2D eigenvalue weighted by molar-refractivity contribution is -0.116. The summed E-state index contributed by atoms with van der Waals surface area (Å²) in [5, 5.41) is 8.33. The molecule has 5 nitrogen and oxygen atoms in total. The molecular formula is C15H12ClN3O2. The zero-order valence-corrected chi connectivity index (χ0v) is 12.0. The Morgan fingerprint density at radius 2 is 1.95 bits per heavy atom. The van der Waals surface area contributed by atoms with Crippen LogP contribution in [0, 0.1) is 0 Å². The maximum atomic E-state index is 11.9. The minimum absolute atomic E-state index is 0.0641. The van der Waals surface area contributed by atoms with Gasteiger partial charge in [0.15, 0.2) is 0 Å². The number of aromatic nitrogens is 2. The van der Waals surface area contributed by atoms with Gasteiger partial charge in [0.25, 0.3) is 0 Å². The second kappa shape index (κ2) is 5.54. The van der Waals surface area contributed by atoms with Gasteiger partial charge < -0.3 is 4.90 Å². The van der Waals surface area contributed by atoms with E-state index < -0.39 is 0 Å². The van der Waals surface area contributed by atoms with Crippen LogP contribution in [0.2, 0.25) is 5.02 Å². The molecule has 2 aromatic carbocycles. The van der Waals surface area contributed by atoms with Crippen LogP contribution in [0.3, 0.4) is 0 Å². The number of benzene rings is 2. The number of fused-ring (bicyclic) bond motifs is 1. The molecule has 3 rings (SSSR count). The molecular weight excluding hydrogens is 290 g/mol. The van der Waals surface area contributed by atoms with Crippen molar-refractivity contribution in [2.75, 3.05) is 4.90 Å². The minimum atomic E-state index is -0.0641. The van der Waals surface area contributed by atoms with Crippen molar-refractivity contribution in [2.45, 2.75) is 13.5 Å². The average Bonchev–Trinajstić information content (AvgIpc) is 2.95. The zero-order valence-electron chi connectivity index (χ0n) is 11.3. The van der Waals surface area contributed by atoms with Gasteiger partial charge in [-0.15, -0.1) is 0 Å². The van der Waals surface area contributed by atoms with E-state index in [1.165, 1.54) is 6.92 Å². The summed E-state index contributed by atoms with van der Waals surface area (Å²) in [6.45, 7) is 1.91. The average molecular weight is 302 g/mol. The molecule has 6 heteroatoms. The van der Waals surface area contributed by atoms with Gasteiger partial charge >= 0.3 is 0 Å². The number of nitrogens with zero attached hydrogens (tertiary/aromatic N) is 3. The van der Waals surface area contributed by atoms with Crippen LogP contribution >= 0.6 is 11.6 Å². The van der Waals surface area contributed by atoms with Gasteiger partial charge in [0, 0.05) is 23.2 Å². The number of carbonyl (C=O) groups is 1. The maximum absolute atomic E-state index is 11.9. The summed E-state index contributed by atoms with van der Waals surface area (Å²) in [7, 11) is 0. The Bertz CT molecular complexity index is 783. The molecule has 106 valence electrons. The van der Waals surface area contributed by atoms with Gasteiger partial charge in [-0.3, -0.25) is 4.79 Å². The molecule has 0 unspecified atom stereocenters. The quantitative estimate of drug-likeness (QED) is 0.743. The number of rotatable bonds is 3. The Hall–Kier alpha value is -2.40. The fourth-order valence-electron chi connectivity index (χ4n) is 2.17. The van der Waals surface area contributed by atoms with Gasteiger partial charge in [-0.05, 0) is 40.6 Å². The summed E-state index contributed by atoms with van der Waals surface area (Å²) in [5.74, 6) is -0.0641. The second-order valence-corrected chi connectivity index (χ2v) is 5.07. The fraction of sp³-hybridized carbons (Fsp3) is 0.133. The summed E-state index contributed by atoms with van der Waals surface area (Å²) in [4.78, 5) is 13.6. The lowest BCUT2D eigenvalue weighted by Gasteiger charge is -2.21. The van der Waals surface area contributed by atoms with Crippen molar-refractivity contribution in [3.8, 4) is 0 Å². The molecule has 0 atom stereocenters. The van der Waals surface area contributed by atoms with Crippen LogP contribution in [0.25, 0.3) is 11.0 Å². The van der Waals surface area contributed by atoms with Crippen LogP contribution in [-0.2, 0) is 11.3 Å². The highest BCUT2D eigenvalue weighted by atomic mass is 35.5. The number of carbonyl (C=O) groups excluding carboxylic acids is 1. The molecule has 1 aromatic heterocycles. The van der Waals surface area contributed by atoms with E-state index in [2.05, 4.69) is 10.3 Å². The predicted octanol–water partition coefficient (Wildman–Crippen LogP) is 3.43. The van der Waals surface area contributed by atoms with Crippen LogP contribution in [0.1, 0.15) is 12.5 Å². The highest BCUT2D eigenvalue weighted by Crippen LogP contribution is 2.23. The molecule has 0 spiro atoms. The van der Waals surface area contributed by atoms with Crippen molar-refractivity contribution in [1.82, 2.24) is 10.3 Å². The molecule has 21 heavy (non-hydrogen) atoms. The van der Waals surface area contributed by atoms with Crippen molar-refractivity contribution in [2.24, 2.45) is 0 Å². The van der Waals surface area contributed by atoms with Crippen LogP contribution in [-0.4, -0.2) is 16.2 Å². The van der Waals surface area contributed by atoms with Crippen LogP contribution in [0.4, 0.5) is 5.69 Å². The number of halogens is 1. The highest BCUT2D eigenvalue weighted by Gasteiger charge is 2.15. The summed E-state index contributed by atoms with van der Waals surface area (Å²) >= 11 is 5.89. The van der Waals surface area contributed by atoms with Gasteiger partial charge in [0.05, 0.1) is 6.54 Å². The third kappa shape index (κ3) is 2.73. The minimum Gasteiger partial charge on any atom is -0.308 e. The molecule has 0 saturated heterocycles. The highest BCUT2D eigenvalue weighted by molar-refractivity contribution is 6.30. The van der Waals surface area contributed by atoms with E-state index in [-0.39, 0.29) is 5.91 Å². The smallest absolute Gasteiger partial charge is 0.224 e. The van der Waals surface area contributed by atoms with Crippen LogP contribution in [0.15, 0.2) is 47.1 Å². The van der Waals surface area contributed by atoms with Crippen LogP contribution in [0.5, 0.6) is 0 Å². The first kappa shape index (κ1) is 13.6. The monoisotopic (exact) mass is 301 g/mol. The van der Waals surface area contributed by atoms with E-state index in [0.29, 0.717) is 22.6 Å². The zero-order chi connectivity index (χ0) is 14.8. The van der Waals surface area contributed by atoms with E-state index in [1.807, 2.05) is 30.3 Å². The van der Waals surface area contributed by atoms with Crippen molar-refractivity contribution >= 4 is 34.2 Å². The lowest BCUT2D eigenvalue weighted by Crippen LogP contribution is -2.27. The molecule has 0 bridgehead atoms. The van der Waals surface area contributed by atoms with E-state index >= 15 is 0 Å². The van der Waals surface area contributed by atoms with E-state index in [9.17, 15) is 4.79 Å². The molecule has 0 fully saturated rings. The van der Waals surface area contributed by atoms with E-state index in [4.69, 9.17) is 16.2 Å². The second-order valence-electron chi connectivity index (χ2n) is 4.63. The molecule has 3 aromatic rings. The molecule has 0 aliphatic rings. The third-order valence-corrected chi connectivity index (χ3v) is 3.47. The number of hydrogen-bond acceptors (Lipinski definition) is 4. The van der Waals surface area contributed by atoms with Crippen LogP contribution < -0.4 is 4.90 Å². The summed E-state index contributed by atoms with van der Waals surface area (Å²) in [6.07, 6.45) is 0.